The first-order valence-corrected chi connectivity index (χ1v) is 44.5. The lowest BCUT2D eigenvalue weighted by Gasteiger charge is -2.24. The number of fused-ring (bicyclic) bond motifs is 8. The lowest BCUT2D eigenvalue weighted by Crippen LogP contribution is -2.41. The molecule has 0 unspecified atom stereocenters. The molecule has 4 fully saturated rings. The van der Waals surface area contributed by atoms with E-state index in [4.69, 9.17) is 48.4 Å². The Labute approximate surface area is 774 Å². The van der Waals surface area contributed by atoms with Gasteiger partial charge in [0.05, 0.1) is 95.4 Å². The van der Waals surface area contributed by atoms with E-state index in [9.17, 15) is 9.59 Å². The van der Waals surface area contributed by atoms with Gasteiger partial charge in [-0.2, -0.15) is 0 Å². The molecule has 27 nitrogen and oxygen atoms in total. The molecule has 4 saturated carbocycles. The topological polar surface area (TPSA) is 333 Å². The molecule has 0 saturated heterocycles. The van der Waals surface area contributed by atoms with Crippen LogP contribution in [0.1, 0.15) is 86.6 Å². The molecule has 12 N–H and O–H groups in total. The van der Waals surface area contributed by atoms with Crippen LogP contribution >= 0.6 is 0 Å². The summed E-state index contributed by atoms with van der Waals surface area (Å²) in [5.74, 6) is 3.24. The summed E-state index contributed by atoms with van der Waals surface area (Å²) in [5, 5.41) is 24.1. The fraction of sp³-hybridized carbons (Fsp3) is 0.269. The Bertz CT molecular complexity index is 7370. The molecule has 8 heterocycles. The Morgan fingerprint density at radius 3 is 0.970 bits per heavy atom. The molecular formula is C104H104F4N16O11. The number of hydrogen-bond donors (Lipinski definition) is 11. The molecule has 2 amide bonds. The number of ether oxygens (including phenoxy) is 9. The number of benzene rings is 9. The van der Waals surface area contributed by atoms with Crippen molar-refractivity contribution < 1.29 is 69.8 Å². The van der Waals surface area contributed by atoms with Gasteiger partial charge in [-0.15, -0.1) is 0 Å². The number of rotatable bonds is 29. The average molecular weight is 1830 g/mol. The van der Waals surface area contributed by atoms with Gasteiger partial charge in [-0.05, 0) is 220 Å². The summed E-state index contributed by atoms with van der Waals surface area (Å²) in [6.07, 6.45) is 13.7. The number of nitrogens with two attached hydrogens (primary N) is 1. The number of carbonyl (C=O) groups excluding carboxylic acids is 2. The van der Waals surface area contributed by atoms with E-state index >= 15 is 17.6 Å². The number of carbonyl (C=O) groups is 2. The van der Waals surface area contributed by atoms with E-state index in [1.165, 1.54) is 6.92 Å². The monoisotopic (exact) mass is 1830 g/mol. The molecule has 0 atom stereocenters. The van der Waals surface area contributed by atoms with Gasteiger partial charge in [0, 0.05) is 167 Å². The molecule has 9 aromatic carbocycles. The Balaban J connectivity index is 0.000000121. The minimum Gasteiger partial charge on any atom is -0.493 e. The summed E-state index contributed by atoms with van der Waals surface area (Å²) in [4.78, 5) is 56.6. The Morgan fingerprint density at radius 2 is 0.681 bits per heavy atom. The van der Waals surface area contributed by atoms with Crippen LogP contribution in [0.2, 0.25) is 0 Å². The first-order valence-electron chi connectivity index (χ1n) is 44.5. The number of aromatic nitrogens is 8. The molecule has 21 rings (SSSR count). The summed E-state index contributed by atoms with van der Waals surface area (Å²) >= 11 is 0. The van der Waals surface area contributed by atoms with E-state index in [-0.39, 0.29) is 59.0 Å². The molecule has 0 aliphatic heterocycles. The van der Waals surface area contributed by atoms with Crippen LogP contribution in [0, 0.1) is 51.0 Å². The zero-order valence-corrected chi connectivity index (χ0v) is 76.6. The lowest BCUT2D eigenvalue weighted by molar-refractivity contribution is -0.120. The molecule has 0 bridgehead atoms. The number of amides is 2. The predicted molar refractivity (Wildman–Crippen MR) is 520 cm³/mol. The standard InChI is InChI=1S/C31H29FN4O4.C25H25FN4O3.C25H27FN4O2.C23H23FN4O2/c1-19-14-22-23(34-19)8-9-25(29(22)32)35-24-10-13-33-26-16-28(27(38-2)15-21(24)26)40-18-31(11-12-31)36-30(37)39-17-20-6-4-3-5-7-20;1-14-10-17-18(28-14)4-5-20(24(17)26)29-19-6-9-27-21-12-23(22(32-3)11-16(19)21)33-13-25(7-8-25)30-15(2)31;1-15-11-17-18(28-15)5-6-20(24(17)26)29-19-7-10-27-21-13-23(22(31-4)12-16(19)21)32-14-25(8-9-25)30(2)3;1-13-9-15-16(27-13)3-4-18(22(15)24)28-17-5-8-26-19-11-21(20(29-2)10-14(17)19)30-12-23(25)6-7-23/h3-10,13-16,34H,11-12,17-18H2,1-2H3,(H,33,35)(H,36,37);4-6,9-12,28H,7-8,13H2,1-3H3,(H,27,29)(H,30,31);5-7,10-13,28H,8-9,14H2,1-4H3,(H,27,29);3-5,8-11,27H,6-7,12,25H2,1-2H3,(H,26,28). The quantitative estimate of drug-likeness (QED) is 0.0194. The van der Waals surface area contributed by atoms with Gasteiger partial charge < -0.3 is 105 Å². The molecule has 0 spiro atoms. The minimum absolute atomic E-state index is 0.0702. The number of pyridine rings is 4. The first kappa shape index (κ1) is 90.3. The van der Waals surface area contributed by atoms with Crippen LogP contribution in [0.15, 0.2) is 201 Å². The Kier molecular flexibility index (Phi) is 25.0. The van der Waals surface area contributed by atoms with E-state index in [0.717, 1.165) is 146 Å². The van der Waals surface area contributed by atoms with Crippen LogP contribution in [0.3, 0.4) is 0 Å². The third-order valence-corrected chi connectivity index (χ3v) is 25.1. The van der Waals surface area contributed by atoms with Crippen molar-refractivity contribution in [2.45, 2.75) is 115 Å². The summed E-state index contributed by atoms with van der Waals surface area (Å²) in [5.41, 5.74) is 20.0. The van der Waals surface area contributed by atoms with E-state index in [0.29, 0.717) is 133 Å². The molecule has 4 aliphatic rings. The van der Waals surface area contributed by atoms with Crippen molar-refractivity contribution in [3.8, 4) is 46.0 Å². The molecule has 4 aliphatic carbocycles. The number of nitrogens with one attached hydrogen (secondary N) is 10. The van der Waals surface area contributed by atoms with E-state index in [1.807, 2.05) is 137 Å². The molecule has 17 aromatic rings. The minimum atomic E-state index is -0.489. The number of anilines is 8. The summed E-state index contributed by atoms with van der Waals surface area (Å²) in [6.45, 7) is 11.0. The van der Waals surface area contributed by atoms with Gasteiger partial charge in [-0.1, -0.05) is 30.3 Å². The highest BCUT2D eigenvalue weighted by atomic mass is 19.1. The molecular weight excluding hydrogens is 1730 g/mol. The van der Waals surface area contributed by atoms with Crippen LogP contribution in [0.5, 0.6) is 46.0 Å². The fourth-order valence-electron chi connectivity index (χ4n) is 16.6. The zero-order chi connectivity index (χ0) is 94.2. The van der Waals surface area contributed by atoms with E-state index in [2.05, 4.69) is 90.8 Å². The number of aryl methyl sites for hydroxylation is 4. The number of aromatic amines is 4. The van der Waals surface area contributed by atoms with Crippen LogP contribution in [0.25, 0.3) is 87.2 Å². The van der Waals surface area contributed by atoms with Crippen LogP contribution in [-0.2, 0) is 16.1 Å². The number of likely N-dealkylation sites (N-methyl/N-ethyl adjacent to an activating group) is 1. The van der Waals surface area contributed by atoms with Gasteiger partial charge in [0.15, 0.2) is 69.3 Å². The van der Waals surface area contributed by atoms with Crippen molar-refractivity contribution in [3.05, 3.63) is 252 Å². The van der Waals surface area contributed by atoms with Crippen molar-refractivity contribution in [2.75, 3.05) is 90.2 Å². The third-order valence-electron chi connectivity index (χ3n) is 25.1. The number of halogens is 4. The maximum atomic E-state index is 15.2. The lowest BCUT2D eigenvalue weighted by atomic mass is 10.1. The SMILES string of the molecule is COc1cc2c(Nc3ccc4[nH]c(C)cc4c3F)ccnc2cc1OCC1(N(C)C)CC1.COc1cc2c(Nc3ccc4[nH]c(C)cc4c3F)ccnc2cc1OCC1(N)CC1.COc1cc2c(Nc3ccc4[nH]c(C)cc4c3F)ccnc2cc1OCC1(NC(=O)OCc2ccccc2)CC1.COc1cc2c(Nc3ccc4[nH]c(C)cc4c3F)ccnc2cc1OCC1(NC(C)=O)CC1. The van der Waals surface area contributed by atoms with Crippen LogP contribution < -0.4 is 75.5 Å². The van der Waals surface area contributed by atoms with Gasteiger partial charge in [0.25, 0.3) is 0 Å². The normalized spacial score (nSPS) is 14.3. The zero-order valence-electron chi connectivity index (χ0n) is 76.6. The molecule has 135 heavy (non-hydrogen) atoms. The largest absolute Gasteiger partial charge is 0.493 e. The van der Waals surface area contributed by atoms with E-state index in [1.54, 1.807) is 120 Å². The number of methoxy groups -OCH3 is 4. The van der Waals surface area contributed by atoms with Crippen molar-refractivity contribution in [2.24, 2.45) is 5.73 Å². The van der Waals surface area contributed by atoms with Crippen molar-refractivity contribution in [3.63, 3.8) is 0 Å². The summed E-state index contributed by atoms with van der Waals surface area (Å²) < 4.78 is 112. The van der Waals surface area contributed by atoms with Gasteiger partial charge in [-0.25, -0.2) is 22.4 Å². The van der Waals surface area contributed by atoms with Crippen LogP contribution in [0.4, 0.5) is 67.9 Å². The summed E-state index contributed by atoms with van der Waals surface area (Å²) in [7, 11) is 10.5. The third kappa shape index (κ3) is 19.8. The second-order valence-corrected chi connectivity index (χ2v) is 35.4. The smallest absolute Gasteiger partial charge is 0.408 e. The highest BCUT2D eigenvalue weighted by Crippen LogP contribution is 2.47. The van der Waals surface area contributed by atoms with Crippen molar-refractivity contribution >= 4 is 145 Å². The summed E-state index contributed by atoms with van der Waals surface area (Å²) in [6, 6.07) is 53.0. The van der Waals surface area contributed by atoms with Gasteiger partial charge in [0.1, 0.15) is 33.0 Å². The fourth-order valence-corrected chi connectivity index (χ4v) is 16.6. The predicted octanol–water partition coefficient (Wildman–Crippen LogP) is 21.9. The number of nitrogens with zero attached hydrogens (tertiary/aromatic N) is 5. The molecule has 31 heteroatoms. The number of alkyl carbamates (subject to hydrolysis) is 1. The second kappa shape index (κ2) is 37.4. The van der Waals surface area contributed by atoms with Crippen LogP contribution in [-0.4, -0.2) is 148 Å². The van der Waals surface area contributed by atoms with E-state index < -0.39 is 11.6 Å². The molecule has 694 valence electrons. The number of H-pyrrole nitrogens is 4. The number of hydrogen-bond acceptors (Lipinski definition) is 21. The highest BCUT2D eigenvalue weighted by molar-refractivity contribution is 6.01. The second-order valence-electron chi connectivity index (χ2n) is 35.4. The van der Waals surface area contributed by atoms with Gasteiger partial charge >= 0.3 is 6.09 Å². The maximum Gasteiger partial charge on any atom is 0.408 e. The van der Waals surface area contributed by atoms with Crippen molar-refractivity contribution in [1.29, 1.82) is 0 Å². The van der Waals surface area contributed by atoms with Gasteiger partial charge in [-0.3, -0.25) is 24.7 Å². The maximum absolute atomic E-state index is 15.2. The average Bonchev–Trinajstić information content (AvgIpc) is 1.76. The highest BCUT2D eigenvalue weighted by Gasteiger charge is 2.48. The Hall–Kier alpha value is -15.2. The van der Waals surface area contributed by atoms with Gasteiger partial charge in [0.2, 0.25) is 5.91 Å². The van der Waals surface area contributed by atoms with Crippen molar-refractivity contribution in [1.82, 2.24) is 55.4 Å². The molecule has 0 radical (unpaired) electrons. The first-order chi connectivity index (χ1) is 65.1. The molecule has 8 aromatic heterocycles. The Morgan fingerprint density at radius 1 is 0.370 bits per heavy atom.